The average molecular weight is 319 g/mol. The fraction of sp³-hybridized carbons (Fsp3) is 0.562. The van der Waals surface area contributed by atoms with Crippen LogP contribution in [0.4, 0.5) is 0 Å². The predicted molar refractivity (Wildman–Crippen MR) is 83.0 cm³/mol. The highest BCUT2D eigenvalue weighted by Crippen LogP contribution is 2.06. The van der Waals surface area contributed by atoms with Gasteiger partial charge in [-0.2, -0.15) is 5.26 Å². The number of hydrogen-bond donors (Lipinski definition) is 0. The number of amides is 1. The zero-order valence-corrected chi connectivity index (χ0v) is 13.2. The third-order valence-electron chi connectivity index (χ3n) is 3.61. The molecular formula is C16H21N3O4. The van der Waals surface area contributed by atoms with Crippen molar-refractivity contribution in [2.75, 3.05) is 32.9 Å². The monoisotopic (exact) mass is 319 g/mol. The molecule has 0 N–H and O–H groups in total. The first-order valence-corrected chi connectivity index (χ1v) is 7.69. The molecule has 7 heteroatoms. The number of carbonyl (C=O) groups excluding carboxylic acids is 1. The van der Waals surface area contributed by atoms with E-state index in [1.54, 1.807) is 30.2 Å². The van der Waals surface area contributed by atoms with Gasteiger partial charge in [0.15, 0.2) is 5.75 Å². The lowest BCUT2D eigenvalue weighted by molar-refractivity contribution is -0.135. The molecule has 2 heterocycles. The summed E-state index contributed by atoms with van der Waals surface area (Å²) < 4.78 is 12.1. The summed E-state index contributed by atoms with van der Waals surface area (Å²) in [5.41, 5.74) is -0.284. The molecule has 124 valence electrons. The molecule has 1 aromatic heterocycles. The molecule has 1 aromatic rings. The van der Waals surface area contributed by atoms with E-state index in [2.05, 4.69) is 6.07 Å². The average Bonchev–Trinajstić information content (AvgIpc) is 2.58. The Labute approximate surface area is 135 Å². The van der Waals surface area contributed by atoms with Crippen LogP contribution in [0.25, 0.3) is 0 Å². The van der Waals surface area contributed by atoms with Gasteiger partial charge in [-0.15, -0.1) is 0 Å². The summed E-state index contributed by atoms with van der Waals surface area (Å²) >= 11 is 0. The van der Waals surface area contributed by atoms with Crippen molar-refractivity contribution < 1.29 is 14.3 Å². The summed E-state index contributed by atoms with van der Waals surface area (Å²) in [4.78, 5) is 26.0. The molecule has 1 aliphatic heterocycles. The van der Waals surface area contributed by atoms with Crippen molar-refractivity contribution in [3.05, 3.63) is 28.7 Å². The van der Waals surface area contributed by atoms with Crippen molar-refractivity contribution in [2.24, 2.45) is 5.92 Å². The molecule has 0 spiro atoms. The van der Waals surface area contributed by atoms with Crippen LogP contribution in [-0.4, -0.2) is 48.3 Å². The number of hydrogen-bond acceptors (Lipinski definition) is 5. The highest BCUT2D eigenvalue weighted by Gasteiger charge is 2.16. The van der Waals surface area contributed by atoms with Crippen LogP contribution in [0.1, 0.15) is 13.3 Å². The second-order valence-corrected chi connectivity index (χ2v) is 5.45. The number of carbonyl (C=O) groups is 1. The molecule has 7 nitrogen and oxygen atoms in total. The van der Waals surface area contributed by atoms with Gasteiger partial charge in [0.1, 0.15) is 0 Å². The molecule has 1 saturated heterocycles. The highest BCUT2D eigenvalue weighted by atomic mass is 16.5. The number of rotatable bonds is 6. The Morgan fingerprint density at radius 3 is 2.91 bits per heavy atom. The molecule has 1 amide bonds. The summed E-state index contributed by atoms with van der Waals surface area (Å²) in [6, 6.07) is 5.37. The largest absolute Gasteiger partial charge is 0.487 e. The van der Waals surface area contributed by atoms with Gasteiger partial charge in [0, 0.05) is 25.8 Å². The molecule has 0 aliphatic carbocycles. The summed E-state index contributed by atoms with van der Waals surface area (Å²) in [5, 5.41) is 8.83. The van der Waals surface area contributed by atoms with Crippen LogP contribution in [0.5, 0.6) is 5.75 Å². The van der Waals surface area contributed by atoms with E-state index in [-0.39, 0.29) is 36.2 Å². The Morgan fingerprint density at radius 2 is 2.22 bits per heavy atom. The Balaban J connectivity index is 1.88. The molecule has 23 heavy (non-hydrogen) atoms. The van der Waals surface area contributed by atoms with Crippen molar-refractivity contribution in [3.8, 4) is 11.8 Å². The standard InChI is InChI=1S/C16H21N3O4/c1-13(11-17)12-19-5-2-3-14(16(19)21)23-8-4-15(20)18-6-9-22-10-7-18/h2-3,5,13H,4,6-10,12H2,1H3. The van der Waals surface area contributed by atoms with Gasteiger partial charge in [-0.05, 0) is 19.1 Å². The zero-order chi connectivity index (χ0) is 16.7. The molecule has 0 aromatic carbocycles. The van der Waals surface area contributed by atoms with Crippen molar-refractivity contribution in [3.63, 3.8) is 0 Å². The van der Waals surface area contributed by atoms with E-state index in [9.17, 15) is 9.59 Å². The van der Waals surface area contributed by atoms with E-state index in [1.165, 1.54) is 4.57 Å². The van der Waals surface area contributed by atoms with Gasteiger partial charge in [0.25, 0.3) is 5.56 Å². The third-order valence-corrected chi connectivity index (χ3v) is 3.61. The summed E-state index contributed by atoms with van der Waals surface area (Å²) in [5.74, 6) is -0.0547. The van der Waals surface area contributed by atoms with E-state index in [4.69, 9.17) is 14.7 Å². The van der Waals surface area contributed by atoms with Crippen molar-refractivity contribution in [2.45, 2.75) is 19.9 Å². The third kappa shape index (κ3) is 4.83. The quantitative estimate of drug-likeness (QED) is 0.768. The van der Waals surface area contributed by atoms with Gasteiger partial charge >= 0.3 is 0 Å². The Hall–Kier alpha value is -2.33. The molecule has 2 rings (SSSR count). The summed E-state index contributed by atoms with van der Waals surface area (Å²) in [6.45, 7) is 4.55. The summed E-state index contributed by atoms with van der Waals surface area (Å²) in [7, 11) is 0. The first-order chi connectivity index (χ1) is 11.1. The Kier molecular flexibility index (Phi) is 6.18. The first kappa shape index (κ1) is 17.0. The summed E-state index contributed by atoms with van der Waals surface area (Å²) in [6.07, 6.45) is 1.85. The van der Waals surface area contributed by atoms with E-state index in [1.807, 2.05) is 0 Å². The molecule has 1 fully saturated rings. The minimum absolute atomic E-state index is 0.00246. The van der Waals surface area contributed by atoms with E-state index in [0.717, 1.165) is 0 Å². The second kappa shape index (κ2) is 8.34. The fourth-order valence-electron chi connectivity index (χ4n) is 2.32. The lowest BCUT2D eigenvalue weighted by Crippen LogP contribution is -2.41. The highest BCUT2D eigenvalue weighted by molar-refractivity contribution is 5.76. The van der Waals surface area contributed by atoms with Crippen LogP contribution in [0, 0.1) is 17.2 Å². The van der Waals surface area contributed by atoms with E-state index in [0.29, 0.717) is 32.8 Å². The lowest BCUT2D eigenvalue weighted by Gasteiger charge is -2.26. The van der Waals surface area contributed by atoms with Crippen LogP contribution in [0.2, 0.25) is 0 Å². The number of nitrogens with zero attached hydrogens (tertiary/aromatic N) is 3. The molecule has 0 bridgehead atoms. The topological polar surface area (TPSA) is 84.6 Å². The maximum atomic E-state index is 12.2. The zero-order valence-electron chi connectivity index (χ0n) is 13.2. The maximum absolute atomic E-state index is 12.2. The molecule has 0 radical (unpaired) electrons. The van der Waals surface area contributed by atoms with Gasteiger partial charge < -0.3 is 18.9 Å². The first-order valence-electron chi connectivity index (χ1n) is 7.69. The van der Waals surface area contributed by atoms with Gasteiger partial charge in [0.05, 0.1) is 38.2 Å². The van der Waals surface area contributed by atoms with Crippen LogP contribution < -0.4 is 10.3 Å². The van der Waals surface area contributed by atoms with Crippen LogP contribution in [0.15, 0.2) is 23.1 Å². The van der Waals surface area contributed by atoms with Crippen molar-refractivity contribution >= 4 is 5.91 Å². The van der Waals surface area contributed by atoms with Crippen LogP contribution >= 0.6 is 0 Å². The van der Waals surface area contributed by atoms with Gasteiger partial charge in [-0.1, -0.05) is 0 Å². The van der Waals surface area contributed by atoms with E-state index >= 15 is 0 Å². The van der Waals surface area contributed by atoms with Gasteiger partial charge in [-0.25, -0.2) is 0 Å². The van der Waals surface area contributed by atoms with Crippen LogP contribution in [0.3, 0.4) is 0 Å². The molecule has 0 saturated carbocycles. The van der Waals surface area contributed by atoms with Crippen LogP contribution in [-0.2, 0) is 16.1 Å². The molecule has 1 atom stereocenters. The van der Waals surface area contributed by atoms with Crippen molar-refractivity contribution in [1.82, 2.24) is 9.47 Å². The molecule has 1 aliphatic rings. The fourth-order valence-corrected chi connectivity index (χ4v) is 2.32. The number of pyridine rings is 1. The second-order valence-electron chi connectivity index (χ2n) is 5.45. The van der Waals surface area contributed by atoms with Gasteiger partial charge in [0.2, 0.25) is 5.91 Å². The minimum atomic E-state index is -0.284. The maximum Gasteiger partial charge on any atom is 0.292 e. The Bertz CT molecular complexity index is 629. The van der Waals surface area contributed by atoms with Crippen molar-refractivity contribution in [1.29, 1.82) is 5.26 Å². The number of nitriles is 1. The smallest absolute Gasteiger partial charge is 0.292 e. The minimum Gasteiger partial charge on any atom is -0.487 e. The normalized spacial score (nSPS) is 15.7. The number of ether oxygens (including phenoxy) is 2. The number of aromatic nitrogens is 1. The Morgan fingerprint density at radius 1 is 1.48 bits per heavy atom. The number of morpholine rings is 1. The molecular weight excluding hydrogens is 298 g/mol. The van der Waals surface area contributed by atoms with Gasteiger partial charge in [-0.3, -0.25) is 9.59 Å². The van der Waals surface area contributed by atoms with E-state index < -0.39 is 0 Å². The SMILES string of the molecule is CC(C#N)Cn1cccc(OCCC(=O)N2CCOCC2)c1=O. The molecule has 1 unspecified atom stereocenters. The lowest BCUT2D eigenvalue weighted by atomic mass is 10.2. The predicted octanol–water partition coefficient (Wildman–Crippen LogP) is 0.636.